The van der Waals surface area contributed by atoms with E-state index in [1.54, 1.807) is 6.07 Å². The highest BCUT2D eigenvalue weighted by Gasteiger charge is 2.25. The Kier molecular flexibility index (Phi) is 3.69. The number of carbonyl (C=O) groups excluding carboxylic acids is 1. The van der Waals surface area contributed by atoms with Gasteiger partial charge in [0, 0.05) is 24.8 Å². The van der Waals surface area contributed by atoms with Crippen molar-refractivity contribution >= 4 is 23.6 Å². The Morgan fingerprint density at radius 3 is 2.82 bits per heavy atom. The van der Waals surface area contributed by atoms with E-state index in [2.05, 4.69) is 23.9 Å². The number of likely N-dealkylation sites (N-methyl/N-ethyl adjacent to an activating group) is 1. The summed E-state index contributed by atoms with van der Waals surface area (Å²) in [7, 11) is 4.18. The molecule has 1 aliphatic rings. The number of rotatable bonds is 3. The molecule has 1 unspecified atom stereocenters. The van der Waals surface area contributed by atoms with E-state index in [1.807, 2.05) is 12.1 Å². The lowest BCUT2D eigenvalue weighted by atomic mass is 10.2. The largest absolute Gasteiger partial charge is 0.369 e. The molecule has 4 heteroatoms. The molecule has 1 aromatic rings. The molecule has 0 bridgehead atoms. The van der Waals surface area contributed by atoms with E-state index in [0.717, 1.165) is 31.5 Å². The van der Waals surface area contributed by atoms with Crippen LogP contribution in [0.25, 0.3) is 0 Å². The summed E-state index contributed by atoms with van der Waals surface area (Å²) in [4.78, 5) is 15.6. The summed E-state index contributed by atoms with van der Waals surface area (Å²) in [6.45, 7) is 1.93. The van der Waals surface area contributed by atoms with Crippen LogP contribution in [0.1, 0.15) is 16.8 Å². The van der Waals surface area contributed by atoms with Gasteiger partial charge in [-0.15, -0.1) is 0 Å². The van der Waals surface area contributed by atoms with Gasteiger partial charge in [-0.3, -0.25) is 4.79 Å². The van der Waals surface area contributed by atoms with Gasteiger partial charge in [0.05, 0.1) is 10.6 Å². The summed E-state index contributed by atoms with van der Waals surface area (Å²) in [6.07, 6.45) is 1.97. The molecule has 0 radical (unpaired) electrons. The number of hydrogen-bond donors (Lipinski definition) is 0. The van der Waals surface area contributed by atoms with Crippen molar-refractivity contribution in [3.63, 3.8) is 0 Å². The van der Waals surface area contributed by atoms with Gasteiger partial charge in [0.25, 0.3) is 0 Å². The normalized spacial score (nSPS) is 20.0. The van der Waals surface area contributed by atoms with Gasteiger partial charge < -0.3 is 9.80 Å². The van der Waals surface area contributed by atoms with Gasteiger partial charge in [-0.05, 0) is 32.6 Å². The molecule has 0 aliphatic carbocycles. The topological polar surface area (TPSA) is 23.6 Å². The maximum atomic E-state index is 11.1. The smallest absolute Gasteiger partial charge is 0.153 e. The molecule has 1 saturated heterocycles. The molecule has 1 fully saturated rings. The SMILES string of the molecule is CN(C)C1CCN(c2cccc(Cl)c2C=O)C1. The molecule has 3 nitrogen and oxygen atoms in total. The van der Waals surface area contributed by atoms with Crippen molar-refractivity contribution in [3.05, 3.63) is 28.8 Å². The van der Waals surface area contributed by atoms with Gasteiger partial charge >= 0.3 is 0 Å². The Hall–Kier alpha value is -1.06. The van der Waals surface area contributed by atoms with Crippen molar-refractivity contribution in [2.24, 2.45) is 0 Å². The fraction of sp³-hybridized carbons (Fsp3) is 0.462. The molecule has 0 N–H and O–H groups in total. The van der Waals surface area contributed by atoms with Crippen LogP contribution >= 0.6 is 11.6 Å². The minimum Gasteiger partial charge on any atom is -0.369 e. The monoisotopic (exact) mass is 252 g/mol. The van der Waals surface area contributed by atoms with Crippen LogP contribution in [0.15, 0.2) is 18.2 Å². The van der Waals surface area contributed by atoms with Gasteiger partial charge in [-0.2, -0.15) is 0 Å². The van der Waals surface area contributed by atoms with Gasteiger partial charge in [0.15, 0.2) is 6.29 Å². The summed E-state index contributed by atoms with van der Waals surface area (Å²) >= 11 is 6.04. The van der Waals surface area contributed by atoms with Crippen molar-refractivity contribution in [1.29, 1.82) is 0 Å². The molecule has 92 valence electrons. The molecule has 1 heterocycles. The molecule has 1 aliphatic heterocycles. The van der Waals surface area contributed by atoms with Crippen LogP contribution in [0.5, 0.6) is 0 Å². The number of hydrogen-bond acceptors (Lipinski definition) is 3. The number of halogens is 1. The highest BCUT2D eigenvalue weighted by atomic mass is 35.5. The second kappa shape index (κ2) is 5.07. The van der Waals surface area contributed by atoms with Crippen LogP contribution < -0.4 is 4.90 Å². The number of anilines is 1. The molecule has 0 saturated carbocycles. The van der Waals surface area contributed by atoms with Crippen molar-refractivity contribution in [3.8, 4) is 0 Å². The quantitative estimate of drug-likeness (QED) is 0.772. The number of nitrogens with zero attached hydrogens (tertiary/aromatic N) is 2. The molecular weight excluding hydrogens is 236 g/mol. The van der Waals surface area contributed by atoms with Gasteiger partial charge in [0.1, 0.15) is 0 Å². The van der Waals surface area contributed by atoms with Crippen molar-refractivity contribution < 1.29 is 4.79 Å². The lowest BCUT2D eigenvalue weighted by Crippen LogP contribution is -2.31. The predicted octanol–water partition coefficient (Wildman–Crippen LogP) is 2.29. The third-order valence-electron chi connectivity index (χ3n) is 3.38. The second-order valence-electron chi connectivity index (χ2n) is 4.64. The number of aldehydes is 1. The van der Waals surface area contributed by atoms with Crippen molar-refractivity contribution in [2.45, 2.75) is 12.5 Å². The molecule has 1 atom stereocenters. The minimum absolute atomic E-state index is 0.533. The standard InChI is InChI=1S/C13H17ClN2O/c1-15(2)10-6-7-16(8-10)13-5-3-4-12(14)11(13)9-17/h3-5,9-10H,6-8H2,1-2H3. The van der Waals surface area contributed by atoms with Crippen LogP contribution in [0, 0.1) is 0 Å². The Morgan fingerprint density at radius 1 is 1.47 bits per heavy atom. The van der Waals surface area contributed by atoms with E-state index >= 15 is 0 Å². The van der Waals surface area contributed by atoms with Crippen LogP contribution in [0.3, 0.4) is 0 Å². The fourth-order valence-corrected chi connectivity index (χ4v) is 2.51. The maximum Gasteiger partial charge on any atom is 0.153 e. The Labute approximate surface area is 107 Å². The Balaban J connectivity index is 2.24. The van der Waals surface area contributed by atoms with E-state index in [-0.39, 0.29) is 0 Å². The first kappa shape index (κ1) is 12.4. The zero-order valence-electron chi connectivity index (χ0n) is 10.2. The van der Waals surface area contributed by atoms with E-state index < -0.39 is 0 Å². The third-order valence-corrected chi connectivity index (χ3v) is 3.71. The lowest BCUT2D eigenvalue weighted by Gasteiger charge is -2.23. The molecule has 0 amide bonds. The van der Waals surface area contributed by atoms with E-state index in [1.165, 1.54) is 0 Å². The molecule has 17 heavy (non-hydrogen) atoms. The van der Waals surface area contributed by atoms with Gasteiger partial charge in [-0.25, -0.2) is 0 Å². The Bertz CT molecular complexity index is 420. The first-order chi connectivity index (χ1) is 8.13. The lowest BCUT2D eigenvalue weighted by molar-refractivity contribution is 0.112. The average molecular weight is 253 g/mol. The average Bonchev–Trinajstić information content (AvgIpc) is 2.77. The molecule has 0 aromatic heterocycles. The molecule has 1 aromatic carbocycles. The zero-order chi connectivity index (χ0) is 12.4. The highest BCUT2D eigenvalue weighted by Crippen LogP contribution is 2.29. The summed E-state index contributed by atoms with van der Waals surface area (Å²) in [5.74, 6) is 0. The first-order valence-electron chi connectivity index (χ1n) is 5.78. The second-order valence-corrected chi connectivity index (χ2v) is 5.05. The maximum absolute atomic E-state index is 11.1. The van der Waals surface area contributed by atoms with Crippen LogP contribution in [0.2, 0.25) is 5.02 Å². The molecular formula is C13H17ClN2O. The molecule has 2 rings (SSSR count). The number of benzene rings is 1. The van der Waals surface area contributed by atoms with Crippen LogP contribution in [-0.4, -0.2) is 44.4 Å². The molecule has 0 spiro atoms. The van der Waals surface area contributed by atoms with Crippen LogP contribution in [-0.2, 0) is 0 Å². The minimum atomic E-state index is 0.533. The zero-order valence-corrected chi connectivity index (χ0v) is 10.9. The summed E-state index contributed by atoms with van der Waals surface area (Å²) < 4.78 is 0. The van der Waals surface area contributed by atoms with E-state index in [0.29, 0.717) is 16.6 Å². The van der Waals surface area contributed by atoms with Gasteiger partial charge in [0.2, 0.25) is 0 Å². The van der Waals surface area contributed by atoms with Crippen LogP contribution in [0.4, 0.5) is 5.69 Å². The van der Waals surface area contributed by atoms with Gasteiger partial charge in [-0.1, -0.05) is 17.7 Å². The number of carbonyl (C=O) groups is 1. The summed E-state index contributed by atoms with van der Waals surface area (Å²) in [6, 6.07) is 6.17. The summed E-state index contributed by atoms with van der Waals surface area (Å²) in [5, 5.41) is 0.533. The predicted molar refractivity (Wildman–Crippen MR) is 71.1 cm³/mol. The fourth-order valence-electron chi connectivity index (χ4n) is 2.30. The van der Waals surface area contributed by atoms with Crippen molar-refractivity contribution in [2.75, 3.05) is 32.1 Å². The Morgan fingerprint density at radius 2 is 2.24 bits per heavy atom. The van der Waals surface area contributed by atoms with Crippen molar-refractivity contribution in [1.82, 2.24) is 4.90 Å². The first-order valence-corrected chi connectivity index (χ1v) is 6.16. The summed E-state index contributed by atoms with van der Waals surface area (Å²) in [5.41, 5.74) is 1.56. The third kappa shape index (κ3) is 2.45. The van der Waals surface area contributed by atoms with E-state index in [4.69, 9.17) is 11.6 Å². The highest BCUT2D eigenvalue weighted by molar-refractivity contribution is 6.33. The van der Waals surface area contributed by atoms with E-state index in [9.17, 15) is 4.79 Å².